The van der Waals surface area contributed by atoms with Crippen LogP contribution < -0.4 is 0 Å². The Labute approximate surface area is 98.9 Å². The third kappa shape index (κ3) is 1.33. The maximum atomic E-state index is 14.3. The lowest BCUT2D eigenvalue weighted by molar-refractivity contribution is 0.395. The molecule has 3 rings (SSSR count). The van der Waals surface area contributed by atoms with Crippen LogP contribution in [0.3, 0.4) is 0 Å². The summed E-state index contributed by atoms with van der Waals surface area (Å²) in [5, 5.41) is 0. The van der Waals surface area contributed by atoms with Crippen molar-refractivity contribution in [3.63, 3.8) is 0 Å². The zero-order valence-corrected chi connectivity index (χ0v) is 9.72. The fraction of sp³-hybridized carbons (Fsp3) is 0.200. The summed E-state index contributed by atoms with van der Waals surface area (Å²) in [5.74, 6) is -0.413. The number of alkyl halides is 1. The number of benzene rings is 2. The summed E-state index contributed by atoms with van der Waals surface area (Å²) in [5.41, 5.74) is 3.79. The molecule has 1 atom stereocenters. The van der Waals surface area contributed by atoms with Crippen molar-refractivity contribution in [2.75, 3.05) is 0 Å². The van der Waals surface area contributed by atoms with Gasteiger partial charge < -0.3 is 0 Å². The molecule has 86 valence electrons. The molecule has 0 saturated heterocycles. The third-order valence-electron chi connectivity index (χ3n) is 3.40. The molecule has 0 radical (unpaired) electrons. The van der Waals surface area contributed by atoms with Crippen molar-refractivity contribution in [1.82, 2.24) is 0 Å². The van der Waals surface area contributed by atoms with Crippen LogP contribution in [0.15, 0.2) is 30.3 Å². The smallest absolute Gasteiger partial charge is 0.154 e. The maximum Gasteiger partial charge on any atom is 0.154 e. The van der Waals surface area contributed by atoms with Gasteiger partial charge in [-0.1, -0.05) is 35.9 Å². The lowest BCUT2D eigenvalue weighted by atomic mass is 10.0. The zero-order chi connectivity index (χ0) is 12.2. The summed E-state index contributed by atoms with van der Waals surface area (Å²) in [4.78, 5) is 0. The fourth-order valence-corrected chi connectivity index (χ4v) is 2.48. The molecule has 2 heteroatoms. The molecule has 0 aliphatic heterocycles. The maximum absolute atomic E-state index is 14.3. The highest BCUT2D eigenvalue weighted by molar-refractivity contribution is 5.79. The summed E-state index contributed by atoms with van der Waals surface area (Å²) >= 11 is 0. The monoisotopic (exact) mass is 230 g/mol. The van der Waals surface area contributed by atoms with Crippen LogP contribution in [-0.4, -0.2) is 0 Å². The first kappa shape index (κ1) is 10.5. The van der Waals surface area contributed by atoms with Crippen molar-refractivity contribution < 1.29 is 8.78 Å². The number of halogens is 2. The van der Waals surface area contributed by atoms with Crippen LogP contribution in [0.4, 0.5) is 8.78 Å². The molecule has 0 N–H and O–H groups in total. The molecule has 1 aliphatic rings. The molecule has 0 amide bonds. The first-order chi connectivity index (χ1) is 8.09. The minimum atomic E-state index is -1.33. The molecule has 0 nitrogen and oxygen atoms in total. The first-order valence-corrected chi connectivity index (χ1v) is 5.63. The molecule has 1 unspecified atom stereocenters. The van der Waals surface area contributed by atoms with Gasteiger partial charge in [-0.25, -0.2) is 8.78 Å². The number of fused-ring (bicyclic) bond motifs is 3. The molecule has 0 spiro atoms. The van der Waals surface area contributed by atoms with E-state index in [-0.39, 0.29) is 5.56 Å². The molecule has 2 aromatic rings. The Morgan fingerprint density at radius 2 is 1.71 bits per heavy atom. The van der Waals surface area contributed by atoms with Crippen molar-refractivity contribution in [2.45, 2.75) is 20.0 Å². The van der Waals surface area contributed by atoms with Gasteiger partial charge in [0, 0.05) is 5.56 Å². The Kier molecular flexibility index (Phi) is 2.09. The van der Waals surface area contributed by atoms with Crippen molar-refractivity contribution in [1.29, 1.82) is 0 Å². The average Bonchev–Trinajstić information content (AvgIpc) is 2.58. The standard InChI is InChI=1S/C15H12F2/c1-8-3-5-10-11-6-4-9(2)14(16)13(11)15(17)12(10)7-8/h3-7,15H,1-2H3. The van der Waals surface area contributed by atoms with E-state index in [0.717, 1.165) is 11.1 Å². The highest BCUT2D eigenvalue weighted by atomic mass is 19.1. The van der Waals surface area contributed by atoms with Gasteiger partial charge in [-0.15, -0.1) is 0 Å². The van der Waals surface area contributed by atoms with Crippen LogP contribution in [0.5, 0.6) is 0 Å². The van der Waals surface area contributed by atoms with Gasteiger partial charge in [0.1, 0.15) is 5.82 Å². The van der Waals surface area contributed by atoms with Crippen LogP contribution >= 0.6 is 0 Å². The van der Waals surface area contributed by atoms with Gasteiger partial charge in [0.2, 0.25) is 0 Å². The van der Waals surface area contributed by atoms with E-state index in [9.17, 15) is 8.78 Å². The number of aryl methyl sites for hydroxylation is 2. The highest BCUT2D eigenvalue weighted by Crippen LogP contribution is 2.47. The third-order valence-corrected chi connectivity index (χ3v) is 3.40. The van der Waals surface area contributed by atoms with E-state index in [2.05, 4.69) is 0 Å². The first-order valence-electron chi connectivity index (χ1n) is 5.63. The van der Waals surface area contributed by atoms with Crippen LogP contribution in [0.2, 0.25) is 0 Å². The molecule has 17 heavy (non-hydrogen) atoms. The Bertz CT molecular complexity index is 615. The van der Waals surface area contributed by atoms with Gasteiger partial charge in [0.15, 0.2) is 6.17 Å². The van der Waals surface area contributed by atoms with Crippen molar-refractivity contribution in [3.05, 3.63) is 58.4 Å². The molecule has 0 fully saturated rings. The van der Waals surface area contributed by atoms with E-state index in [1.54, 1.807) is 19.1 Å². The molecule has 2 aromatic carbocycles. The van der Waals surface area contributed by atoms with Gasteiger partial charge >= 0.3 is 0 Å². The van der Waals surface area contributed by atoms with E-state index in [4.69, 9.17) is 0 Å². The summed E-state index contributed by atoms with van der Waals surface area (Å²) in [6, 6.07) is 9.11. The molecule has 0 bridgehead atoms. The van der Waals surface area contributed by atoms with Gasteiger partial charge in [-0.3, -0.25) is 0 Å². The molecule has 0 heterocycles. The lowest BCUT2D eigenvalue weighted by Gasteiger charge is -2.06. The zero-order valence-electron chi connectivity index (χ0n) is 9.72. The average molecular weight is 230 g/mol. The minimum Gasteiger partial charge on any atom is -0.237 e. The van der Waals surface area contributed by atoms with Gasteiger partial charge in [-0.2, -0.15) is 0 Å². The van der Waals surface area contributed by atoms with Crippen LogP contribution in [0.25, 0.3) is 11.1 Å². The largest absolute Gasteiger partial charge is 0.237 e. The summed E-state index contributed by atoms with van der Waals surface area (Å²) in [6.07, 6.45) is -1.33. The molecule has 0 aromatic heterocycles. The van der Waals surface area contributed by atoms with Crippen LogP contribution in [-0.2, 0) is 0 Å². The Hall–Kier alpha value is -1.70. The highest BCUT2D eigenvalue weighted by Gasteiger charge is 2.31. The van der Waals surface area contributed by atoms with Gasteiger partial charge in [0.05, 0.1) is 0 Å². The Balaban J connectivity index is 2.34. The summed E-state index contributed by atoms with van der Waals surface area (Å²) in [7, 11) is 0. The summed E-state index contributed by atoms with van der Waals surface area (Å²) in [6.45, 7) is 3.58. The van der Waals surface area contributed by atoms with E-state index < -0.39 is 12.0 Å². The van der Waals surface area contributed by atoms with E-state index in [0.29, 0.717) is 16.7 Å². The minimum absolute atomic E-state index is 0.200. The SMILES string of the molecule is Cc1ccc2c(c1)C(F)c1c-2ccc(C)c1F. The van der Waals surface area contributed by atoms with Crippen LogP contribution in [0, 0.1) is 19.7 Å². The second-order valence-corrected chi connectivity index (χ2v) is 4.61. The number of hydrogen-bond donors (Lipinski definition) is 0. The Morgan fingerprint density at radius 1 is 1.00 bits per heavy atom. The summed E-state index contributed by atoms with van der Waals surface area (Å²) < 4.78 is 28.3. The van der Waals surface area contributed by atoms with E-state index in [1.807, 2.05) is 25.1 Å². The molecular weight excluding hydrogens is 218 g/mol. The van der Waals surface area contributed by atoms with E-state index in [1.165, 1.54) is 0 Å². The molecule has 1 aliphatic carbocycles. The second kappa shape index (κ2) is 3.39. The topological polar surface area (TPSA) is 0 Å². The molecule has 0 saturated carbocycles. The van der Waals surface area contributed by atoms with Crippen molar-refractivity contribution in [3.8, 4) is 11.1 Å². The van der Waals surface area contributed by atoms with Crippen molar-refractivity contribution >= 4 is 0 Å². The lowest BCUT2D eigenvalue weighted by Crippen LogP contribution is -1.95. The second-order valence-electron chi connectivity index (χ2n) is 4.61. The Morgan fingerprint density at radius 3 is 2.47 bits per heavy atom. The predicted octanol–water partition coefficient (Wildman–Crippen LogP) is 4.48. The number of hydrogen-bond acceptors (Lipinski definition) is 0. The fourth-order valence-electron chi connectivity index (χ4n) is 2.48. The van der Waals surface area contributed by atoms with Gasteiger partial charge in [-0.05, 0) is 36.1 Å². The van der Waals surface area contributed by atoms with Gasteiger partial charge in [0.25, 0.3) is 0 Å². The normalized spacial score (nSPS) is 16.8. The van der Waals surface area contributed by atoms with Crippen molar-refractivity contribution in [2.24, 2.45) is 0 Å². The van der Waals surface area contributed by atoms with E-state index >= 15 is 0 Å². The van der Waals surface area contributed by atoms with Crippen LogP contribution in [0.1, 0.15) is 28.4 Å². The predicted molar refractivity (Wildman–Crippen MR) is 64.3 cm³/mol. The molecular formula is C15H12F2. The quantitative estimate of drug-likeness (QED) is 0.625. The number of rotatable bonds is 0.